The van der Waals surface area contributed by atoms with Gasteiger partial charge in [-0.2, -0.15) is 0 Å². The first-order valence-corrected chi connectivity index (χ1v) is 7.30. The van der Waals surface area contributed by atoms with Gasteiger partial charge in [-0.3, -0.25) is 0 Å². The number of nitrogens with two attached hydrogens (primary N) is 2. The number of rotatable bonds is 1. The number of hydrogen-bond acceptors (Lipinski definition) is 2. The fourth-order valence-electron chi connectivity index (χ4n) is 3.10. The van der Waals surface area contributed by atoms with E-state index in [1.165, 1.54) is 16.3 Å². The van der Waals surface area contributed by atoms with Crippen LogP contribution in [0.25, 0.3) is 32.7 Å². The van der Waals surface area contributed by atoms with Gasteiger partial charge in [-0.1, -0.05) is 66.7 Å². The molecule has 0 heterocycles. The summed E-state index contributed by atoms with van der Waals surface area (Å²) in [4.78, 5) is 0. The maximum Gasteiger partial charge on any atom is 0.0627 e. The molecule has 0 atom stereocenters. The van der Waals surface area contributed by atoms with E-state index in [0.29, 0.717) is 11.4 Å². The monoisotopic (exact) mass is 284 g/mol. The van der Waals surface area contributed by atoms with Crippen molar-refractivity contribution in [1.82, 2.24) is 0 Å². The topological polar surface area (TPSA) is 52.0 Å². The van der Waals surface area contributed by atoms with E-state index in [2.05, 4.69) is 48.5 Å². The summed E-state index contributed by atoms with van der Waals surface area (Å²) in [5.74, 6) is 0. The van der Waals surface area contributed by atoms with Crippen LogP contribution < -0.4 is 11.5 Å². The van der Waals surface area contributed by atoms with E-state index in [0.717, 1.165) is 16.3 Å². The van der Waals surface area contributed by atoms with Crippen LogP contribution in [0.15, 0.2) is 72.8 Å². The third kappa shape index (κ3) is 1.81. The number of fused-ring (bicyclic) bond motifs is 2. The van der Waals surface area contributed by atoms with E-state index < -0.39 is 0 Å². The molecule has 2 heteroatoms. The molecule has 22 heavy (non-hydrogen) atoms. The van der Waals surface area contributed by atoms with Crippen LogP contribution >= 0.6 is 0 Å². The molecular weight excluding hydrogens is 268 g/mol. The highest BCUT2D eigenvalue weighted by molar-refractivity contribution is 6.11. The second-order valence-electron chi connectivity index (χ2n) is 5.50. The van der Waals surface area contributed by atoms with E-state index in [-0.39, 0.29) is 0 Å². The summed E-state index contributed by atoms with van der Waals surface area (Å²) in [7, 11) is 0. The standard InChI is InChI=1S/C20H16N2/c21-19-12-18(16-9-3-4-10-17(16)20(19)22)15-11-5-7-13-6-1-2-8-14(13)15/h1-12H,21-22H2. The first kappa shape index (κ1) is 12.7. The Kier molecular flexibility index (Phi) is 2.76. The summed E-state index contributed by atoms with van der Waals surface area (Å²) >= 11 is 0. The van der Waals surface area contributed by atoms with Gasteiger partial charge < -0.3 is 11.5 Å². The zero-order chi connectivity index (χ0) is 15.1. The summed E-state index contributed by atoms with van der Waals surface area (Å²) in [5.41, 5.74) is 15.9. The number of anilines is 2. The van der Waals surface area contributed by atoms with Crippen molar-refractivity contribution in [3.63, 3.8) is 0 Å². The Morgan fingerprint density at radius 1 is 0.545 bits per heavy atom. The average molecular weight is 284 g/mol. The molecule has 0 aliphatic heterocycles. The van der Waals surface area contributed by atoms with E-state index in [1.54, 1.807) is 0 Å². The quantitative estimate of drug-likeness (QED) is 0.492. The van der Waals surface area contributed by atoms with Crippen molar-refractivity contribution in [2.24, 2.45) is 0 Å². The Hall–Kier alpha value is -3.00. The van der Waals surface area contributed by atoms with E-state index in [4.69, 9.17) is 11.5 Å². The van der Waals surface area contributed by atoms with Gasteiger partial charge in [-0.05, 0) is 33.4 Å². The van der Waals surface area contributed by atoms with Crippen LogP contribution in [0.2, 0.25) is 0 Å². The molecule has 0 aliphatic rings. The third-order valence-corrected chi connectivity index (χ3v) is 4.20. The lowest BCUT2D eigenvalue weighted by atomic mass is 9.93. The van der Waals surface area contributed by atoms with Crippen LogP contribution in [0.5, 0.6) is 0 Å². The van der Waals surface area contributed by atoms with Crippen molar-refractivity contribution in [2.75, 3.05) is 11.5 Å². The van der Waals surface area contributed by atoms with Crippen LogP contribution in [-0.4, -0.2) is 0 Å². The molecule has 0 fully saturated rings. The van der Waals surface area contributed by atoms with Gasteiger partial charge in [-0.15, -0.1) is 0 Å². The van der Waals surface area contributed by atoms with Crippen LogP contribution in [-0.2, 0) is 0 Å². The minimum absolute atomic E-state index is 0.627. The lowest BCUT2D eigenvalue weighted by Crippen LogP contribution is -1.97. The van der Waals surface area contributed by atoms with Crippen LogP contribution in [0.4, 0.5) is 11.4 Å². The Bertz CT molecular complexity index is 998. The van der Waals surface area contributed by atoms with E-state index >= 15 is 0 Å². The van der Waals surface area contributed by atoms with Crippen LogP contribution in [0, 0.1) is 0 Å². The van der Waals surface area contributed by atoms with Gasteiger partial charge in [0.2, 0.25) is 0 Å². The largest absolute Gasteiger partial charge is 0.397 e. The first-order valence-electron chi connectivity index (χ1n) is 7.30. The number of hydrogen-bond donors (Lipinski definition) is 2. The fraction of sp³-hybridized carbons (Fsp3) is 0. The lowest BCUT2D eigenvalue weighted by Gasteiger charge is -2.13. The van der Waals surface area contributed by atoms with Crippen molar-refractivity contribution in [3.05, 3.63) is 72.8 Å². The number of benzene rings is 4. The maximum absolute atomic E-state index is 6.15. The van der Waals surface area contributed by atoms with Crippen molar-refractivity contribution in [1.29, 1.82) is 0 Å². The molecule has 0 radical (unpaired) electrons. The molecule has 4 N–H and O–H groups in total. The highest BCUT2D eigenvalue weighted by Crippen LogP contribution is 2.38. The van der Waals surface area contributed by atoms with Crippen molar-refractivity contribution < 1.29 is 0 Å². The zero-order valence-electron chi connectivity index (χ0n) is 12.1. The molecule has 0 bridgehead atoms. The molecule has 106 valence electrons. The van der Waals surface area contributed by atoms with Gasteiger partial charge in [0.15, 0.2) is 0 Å². The smallest absolute Gasteiger partial charge is 0.0627 e. The Labute approximate surface area is 129 Å². The third-order valence-electron chi connectivity index (χ3n) is 4.20. The molecule has 2 nitrogen and oxygen atoms in total. The molecule has 0 saturated heterocycles. The first-order chi connectivity index (χ1) is 10.8. The molecule has 0 amide bonds. The van der Waals surface area contributed by atoms with Crippen molar-refractivity contribution in [2.45, 2.75) is 0 Å². The second-order valence-corrected chi connectivity index (χ2v) is 5.50. The highest BCUT2D eigenvalue weighted by atomic mass is 14.7. The minimum atomic E-state index is 0.627. The molecule has 0 unspecified atom stereocenters. The minimum Gasteiger partial charge on any atom is -0.397 e. The molecule has 0 aromatic heterocycles. The summed E-state index contributed by atoms with van der Waals surface area (Å²) in [6, 6.07) is 24.9. The Morgan fingerprint density at radius 3 is 2.00 bits per heavy atom. The molecule has 4 aromatic carbocycles. The number of nitrogen functional groups attached to an aromatic ring is 2. The second kappa shape index (κ2) is 4.78. The van der Waals surface area contributed by atoms with Gasteiger partial charge >= 0.3 is 0 Å². The van der Waals surface area contributed by atoms with Gasteiger partial charge in [0.25, 0.3) is 0 Å². The van der Waals surface area contributed by atoms with Gasteiger partial charge in [0, 0.05) is 5.39 Å². The average Bonchev–Trinajstić information content (AvgIpc) is 2.58. The predicted molar refractivity (Wildman–Crippen MR) is 95.7 cm³/mol. The zero-order valence-corrected chi connectivity index (χ0v) is 12.1. The van der Waals surface area contributed by atoms with Crippen molar-refractivity contribution in [3.8, 4) is 11.1 Å². The highest BCUT2D eigenvalue weighted by Gasteiger charge is 2.11. The lowest BCUT2D eigenvalue weighted by molar-refractivity contribution is 1.66. The maximum atomic E-state index is 6.15. The van der Waals surface area contributed by atoms with Gasteiger partial charge in [0.1, 0.15) is 0 Å². The Balaban J connectivity index is 2.16. The normalized spacial score (nSPS) is 11.1. The summed E-state index contributed by atoms with van der Waals surface area (Å²) in [5, 5.41) is 4.58. The molecular formula is C20H16N2. The molecule has 0 saturated carbocycles. The van der Waals surface area contributed by atoms with Gasteiger partial charge in [-0.25, -0.2) is 0 Å². The molecule has 4 rings (SSSR count). The summed E-state index contributed by atoms with van der Waals surface area (Å²) < 4.78 is 0. The molecule has 0 aliphatic carbocycles. The summed E-state index contributed by atoms with van der Waals surface area (Å²) in [6.07, 6.45) is 0. The Morgan fingerprint density at radius 2 is 1.18 bits per heavy atom. The molecule has 0 spiro atoms. The van der Waals surface area contributed by atoms with Crippen molar-refractivity contribution >= 4 is 32.9 Å². The summed E-state index contributed by atoms with van der Waals surface area (Å²) in [6.45, 7) is 0. The SMILES string of the molecule is Nc1cc(-c2cccc3ccccc23)c2ccccc2c1N. The fourth-order valence-corrected chi connectivity index (χ4v) is 3.10. The molecule has 4 aromatic rings. The van der Waals surface area contributed by atoms with Gasteiger partial charge in [0.05, 0.1) is 11.4 Å². The van der Waals surface area contributed by atoms with E-state index in [9.17, 15) is 0 Å². The predicted octanol–water partition coefficient (Wildman–Crippen LogP) is 4.82. The van der Waals surface area contributed by atoms with E-state index in [1.807, 2.05) is 24.3 Å². The van der Waals surface area contributed by atoms with Crippen LogP contribution in [0.3, 0.4) is 0 Å². The van der Waals surface area contributed by atoms with Crippen LogP contribution in [0.1, 0.15) is 0 Å².